The summed E-state index contributed by atoms with van der Waals surface area (Å²) in [6, 6.07) is 0. The highest BCUT2D eigenvalue weighted by molar-refractivity contribution is 5.96. The van der Waals surface area contributed by atoms with Gasteiger partial charge >= 0.3 is 0 Å². The second-order valence-corrected chi connectivity index (χ2v) is 4.44. The Labute approximate surface area is 83.1 Å². The first-order valence-corrected chi connectivity index (χ1v) is 4.47. The third-order valence-corrected chi connectivity index (χ3v) is 1.68. The lowest BCUT2D eigenvalue weighted by Gasteiger charge is -2.18. The van der Waals surface area contributed by atoms with Gasteiger partial charge in [-0.25, -0.2) is 0 Å². The molecule has 0 saturated heterocycles. The molecule has 14 heavy (non-hydrogen) atoms. The molecule has 0 atom stereocenters. The van der Waals surface area contributed by atoms with Crippen molar-refractivity contribution < 1.29 is 4.79 Å². The molecule has 5 heteroatoms. The number of carbonyl (C=O) groups excluding carboxylic acids is 1. The SMILES string of the molecule is CC(C)(C)CNC(=O)c1[nH]ncc1N. The first-order chi connectivity index (χ1) is 6.40. The molecule has 0 fully saturated rings. The number of anilines is 1. The maximum absolute atomic E-state index is 11.5. The monoisotopic (exact) mass is 196 g/mol. The number of nitrogen functional groups attached to an aromatic ring is 1. The van der Waals surface area contributed by atoms with Crippen molar-refractivity contribution in [3.63, 3.8) is 0 Å². The first-order valence-electron chi connectivity index (χ1n) is 4.47. The minimum Gasteiger partial charge on any atom is -0.396 e. The van der Waals surface area contributed by atoms with E-state index in [0.29, 0.717) is 17.9 Å². The smallest absolute Gasteiger partial charge is 0.271 e. The van der Waals surface area contributed by atoms with Gasteiger partial charge in [0.05, 0.1) is 11.9 Å². The Bertz CT molecular complexity index is 324. The lowest BCUT2D eigenvalue weighted by molar-refractivity contribution is 0.0935. The van der Waals surface area contributed by atoms with Crippen molar-refractivity contribution in [1.29, 1.82) is 0 Å². The molecule has 0 aliphatic carbocycles. The normalized spacial score (nSPS) is 11.4. The molecule has 1 heterocycles. The van der Waals surface area contributed by atoms with Crippen LogP contribution in [-0.4, -0.2) is 22.6 Å². The average Bonchev–Trinajstić information content (AvgIpc) is 2.46. The van der Waals surface area contributed by atoms with Crippen LogP contribution in [0.5, 0.6) is 0 Å². The topological polar surface area (TPSA) is 83.8 Å². The molecule has 4 N–H and O–H groups in total. The number of nitrogens with two attached hydrogens (primary N) is 1. The first kappa shape index (κ1) is 10.6. The molecule has 0 spiro atoms. The quantitative estimate of drug-likeness (QED) is 0.653. The van der Waals surface area contributed by atoms with Crippen LogP contribution in [0.2, 0.25) is 0 Å². The highest BCUT2D eigenvalue weighted by Crippen LogP contribution is 2.11. The molecular formula is C9H16N4O. The van der Waals surface area contributed by atoms with Gasteiger partial charge in [0.1, 0.15) is 5.69 Å². The van der Waals surface area contributed by atoms with E-state index in [0.717, 1.165) is 0 Å². The van der Waals surface area contributed by atoms with Gasteiger partial charge in [0.2, 0.25) is 0 Å². The van der Waals surface area contributed by atoms with Crippen LogP contribution in [0.1, 0.15) is 31.3 Å². The molecule has 1 aromatic rings. The van der Waals surface area contributed by atoms with Crippen molar-refractivity contribution in [3.05, 3.63) is 11.9 Å². The fourth-order valence-electron chi connectivity index (χ4n) is 0.911. The molecule has 1 rings (SSSR count). The number of aromatic amines is 1. The molecule has 5 nitrogen and oxygen atoms in total. The Morgan fingerprint density at radius 3 is 2.71 bits per heavy atom. The lowest BCUT2D eigenvalue weighted by atomic mass is 9.97. The maximum Gasteiger partial charge on any atom is 0.271 e. The summed E-state index contributed by atoms with van der Waals surface area (Å²) >= 11 is 0. The van der Waals surface area contributed by atoms with Crippen LogP contribution in [0.4, 0.5) is 5.69 Å². The number of amides is 1. The maximum atomic E-state index is 11.5. The van der Waals surface area contributed by atoms with Gasteiger partial charge in [0.15, 0.2) is 0 Å². The van der Waals surface area contributed by atoms with E-state index in [1.165, 1.54) is 6.20 Å². The largest absolute Gasteiger partial charge is 0.396 e. The minimum absolute atomic E-state index is 0.0600. The predicted octanol–water partition coefficient (Wildman–Crippen LogP) is 0.768. The van der Waals surface area contributed by atoms with Crippen LogP contribution in [0.15, 0.2) is 6.20 Å². The van der Waals surface area contributed by atoms with Gasteiger partial charge in [-0.05, 0) is 5.41 Å². The van der Waals surface area contributed by atoms with Gasteiger partial charge in [0, 0.05) is 6.54 Å². The second kappa shape index (κ2) is 3.69. The Morgan fingerprint density at radius 2 is 2.29 bits per heavy atom. The summed E-state index contributed by atoms with van der Waals surface area (Å²) in [6.45, 7) is 6.74. The fourth-order valence-corrected chi connectivity index (χ4v) is 0.911. The van der Waals surface area contributed by atoms with E-state index in [1.807, 2.05) is 20.8 Å². The van der Waals surface area contributed by atoms with E-state index in [-0.39, 0.29) is 11.3 Å². The summed E-state index contributed by atoms with van der Waals surface area (Å²) in [4.78, 5) is 11.5. The summed E-state index contributed by atoms with van der Waals surface area (Å²) in [5.74, 6) is -0.213. The zero-order valence-corrected chi connectivity index (χ0v) is 8.72. The predicted molar refractivity (Wildman–Crippen MR) is 54.8 cm³/mol. The molecule has 0 aromatic carbocycles. The van der Waals surface area contributed by atoms with Crippen LogP contribution in [-0.2, 0) is 0 Å². The van der Waals surface area contributed by atoms with Crippen molar-refractivity contribution in [3.8, 4) is 0 Å². The van der Waals surface area contributed by atoms with Gasteiger partial charge in [-0.2, -0.15) is 5.10 Å². The molecule has 1 aromatic heterocycles. The van der Waals surface area contributed by atoms with E-state index >= 15 is 0 Å². The summed E-state index contributed by atoms with van der Waals surface area (Å²) in [5.41, 5.74) is 6.29. The second-order valence-electron chi connectivity index (χ2n) is 4.44. The van der Waals surface area contributed by atoms with E-state index < -0.39 is 0 Å². The average molecular weight is 196 g/mol. The number of aromatic nitrogens is 2. The molecule has 78 valence electrons. The van der Waals surface area contributed by atoms with E-state index in [2.05, 4.69) is 15.5 Å². The van der Waals surface area contributed by atoms with Crippen molar-refractivity contribution in [2.75, 3.05) is 12.3 Å². The summed E-state index contributed by atoms with van der Waals surface area (Å²) in [6.07, 6.45) is 1.42. The summed E-state index contributed by atoms with van der Waals surface area (Å²) in [5, 5.41) is 9.01. The summed E-state index contributed by atoms with van der Waals surface area (Å²) < 4.78 is 0. The third-order valence-electron chi connectivity index (χ3n) is 1.68. The Hall–Kier alpha value is -1.52. The molecule has 0 radical (unpaired) electrons. The highest BCUT2D eigenvalue weighted by atomic mass is 16.1. The minimum atomic E-state index is -0.213. The Balaban J connectivity index is 2.56. The number of rotatable bonds is 2. The number of nitrogens with one attached hydrogen (secondary N) is 2. The van der Waals surface area contributed by atoms with Gasteiger partial charge in [-0.1, -0.05) is 20.8 Å². The molecular weight excluding hydrogens is 180 g/mol. The van der Waals surface area contributed by atoms with Gasteiger partial charge in [0.25, 0.3) is 5.91 Å². The standard InChI is InChI=1S/C9H16N4O/c1-9(2,3)5-11-8(14)7-6(10)4-12-13-7/h4H,5,10H2,1-3H3,(H,11,14)(H,12,13). The molecule has 0 unspecified atom stereocenters. The zero-order valence-electron chi connectivity index (χ0n) is 8.72. The van der Waals surface area contributed by atoms with E-state index in [4.69, 9.17) is 5.73 Å². The van der Waals surface area contributed by atoms with Crippen LogP contribution in [0.3, 0.4) is 0 Å². The lowest BCUT2D eigenvalue weighted by Crippen LogP contribution is -2.32. The Morgan fingerprint density at radius 1 is 1.64 bits per heavy atom. The van der Waals surface area contributed by atoms with Gasteiger partial charge < -0.3 is 11.1 Å². The Kier molecular flexibility index (Phi) is 2.78. The summed E-state index contributed by atoms with van der Waals surface area (Å²) in [7, 11) is 0. The van der Waals surface area contributed by atoms with Crippen LogP contribution < -0.4 is 11.1 Å². The number of carbonyl (C=O) groups is 1. The number of hydrogen-bond donors (Lipinski definition) is 3. The van der Waals surface area contributed by atoms with E-state index in [1.54, 1.807) is 0 Å². The van der Waals surface area contributed by atoms with Crippen molar-refractivity contribution in [2.45, 2.75) is 20.8 Å². The highest BCUT2D eigenvalue weighted by Gasteiger charge is 2.15. The van der Waals surface area contributed by atoms with Gasteiger partial charge in [-0.3, -0.25) is 9.89 Å². The number of nitrogens with zero attached hydrogens (tertiary/aromatic N) is 1. The molecule has 1 amide bonds. The van der Waals surface area contributed by atoms with Crippen molar-refractivity contribution in [2.24, 2.45) is 5.41 Å². The molecule has 0 saturated carbocycles. The van der Waals surface area contributed by atoms with Crippen molar-refractivity contribution in [1.82, 2.24) is 15.5 Å². The van der Waals surface area contributed by atoms with Crippen molar-refractivity contribution >= 4 is 11.6 Å². The molecule has 0 aliphatic rings. The van der Waals surface area contributed by atoms with Crippen LogP contribution in [0.25, 0.3) is 0 Å². The van der Waals surface area contributed by atoms with Crippen LogP contribution >= 0.6 is 0 Å². The van der Waals surface area contributed by atoms with Crippen LogP contribution in [0, 0.1) is 5.41 Å². The zero-order chi connectivity index (χ0) is 10.8. The number of hydrogen-bond acceptors (Lipinski definition) is 3. The molecule has 0 bridgehead atoms. The van der Waals surface area contributed by atoms with E-state index in [9.17, 15) is 4.79 Å². The third kappa shape index (κ3) is 2.76. The molecule has 0 aliphatic heterocycles. The van der Waals surface area contributed by atoms with Gasteiger partial charge in [-0.15, -0.1) is 0 Å². The number of H-pyrrole nitrogens is 1. The fraction of sp³-hybridized carbons (Fsp3) is 0.556.